The summed E-state index contributed by atoms with van der Waals surface area (Å²) in [7, 11) is -4.19. The van der Waals surface area contributed by atoms with Gasteiger partial charge in [0.05, 0.1) is 15.3 Å². The molecule has 9 heteroatoms. The van der Waals surface area contributed by atoms with E-state index >= 15 is 0 Å². The smallest absolute Gasteiger partial charge is 0.206 e. The number of rotatable bonds is 9. The van der Waals surface area contributed by atoms with E-state index in [1.807, 2.05) is 6.07 Å². The lowest BCUT2D eigenvalue weighted by atomic mass is 10.1. The molecule has 1 aromatic heterocycles. The maximum Gasteiger partial charge on any atom is 0.206 e. The fraction of sp³-hybridized carbons (Fsp3) is 0.286. The van der Waals surface area contributed by atoms with Crippen LogP contribution in [0.4, 0.5) is 11.5 Å². The summed E-state index contributed by atoms with van der Waals surface area (Å²) < 4.78 is 37.3. The summed E-state index contributed by atoms with van der Waals surface area (Å²) in [5, 5.41) is 4.26. The Labute approximate surface area is 220 Å². The number of nitrogens with zero attached hydrogens (tertiary/aromatic N) is 3. The SMILES string of the molecule is O=S1CCN(CCCCc2ccc3ncnc(Nc4ccc(S(=O)(=O)c5ccccc5)cc4)c3c2)CC1. The van der Waals surface area contributed by atoms with Crippen LogP contribution in [0.2, 0.25) is 0 Å². The molecule has 1 saturated heterocycles. The topological polar surface area (TPSA) is 92.3 Å². The highest BCUT2D eigenvalue weighted by Crippen LogP contribution is 2.27. The van der Waals surface area contributed by atoms with Gasteiger partial charge in [-0.1, -0.05) is 24.3 Å². The highest BCUT2D eigenvalue weighted by molar-refractivity contribution is 7.91. The minimum absolute atomic E-state index is 0.247. The Morgan fingerprint density at radius 3 is 2.35 bits per heavy atom. The summed E-state index contributed by atoms with van der Waals surface area (Å²) in [5.74, 6) is 2.28. The van der Waals surface area contributed by atoms with E-state index in [-0.39, 0.29) is 9.79 Å². The molecule has 7 nitrogen and oxygen atoms in total. The van der Waals surface area contributed by atoms with Crippen molar-refractivity contribution in [2.75, 3.05) is 36.5 Å². The number of nitrogens with one attached hydrogen (secondary N) is 1. The molecule has 0 bridgehead atoms. The van der Waals surface area contributed by atoms with Crippen LogP contribution in [0, 0.1) is 0 Å². The van der Waals surface area contributed by atoms with Gasteiger partial charge in [-0.2, -0.15) is 0 Å². The van der Waals surface area contributed by atoms with Crippen LogP contribution in [0.1, 0.15) is 18.4 Å². The molecule has 0 saturated carbocycles. The largest absolute Gasteiger partial charge is 0.340 e. The van der Waals surface area contributed by atoms with Crippen molar-refractivity contribution in [3.63, 3.8) is 0 Å². The van der Waals surface area contributed by atoms with E-state index in [2.05, 4.69) is 32.3 Å². The van der Waals surface area contributed by atoms with Gasteiger partial charge in [-0.05, 0) is 79.9 Å². The Balaban J connectivity index is 1.25. The lowest BCUT2D eigenvalue weighted by Crippen LogP contribution is -2.38. The summed E-state index contributed by atoms with van der Waals surface area (Å²) in [6, 6.07) is 21.4. The normalized spacial score (nSPS) is 15.1. The second-order valence-corrected chi connectivity index (χ2v) is 12.8. The first-order chi connectivity index (χ1) is 18.0. The standard InChI is InChI=1S/C28H30N4O3S2/c33-36-18-16-32(17-19-36)15-5-4-6-22-9-14-27-26(20-22)28(30-21-29-27)31-23-10-12-25(13-11-23)37(34,35)24-7-2-1-3-8-24/h1-3,7-14,20-21H,4-6,15-19H2,(H,29,30,31). The van der Waals surface area contributed by atoms with Gasteiger partial charge in [0.2, 0.25) is 9.84 Å². The Morgan fingerprint density at radius 2 is 1.59 bits per heavy atom. The van der Waals surface area contributed by atoms with Gasteiger partial charge in [0.25, 0.3) is 0 Å². The summed E-state index contributed by atoms with van der Waals surface area (Å²) in [6.07, 6.45) is 4.69. The average molecular weight is 535 g/mol. The van der Waals surface area contributed by atoms with Crippen LogP contribution in [0.3, 0.4) is 0 Å². The number of anilines is 2. The fourth-order valence-corrected chi connectivity index (χ4v) is 6.92. The van der Waals surface area contributed by atoms with E-state index in [4.69, 9.17) is 0 Å². The maximum atomic E-state index is 12.9. The summed E-state index contributed by atoms with van der Waals surface area (Å²) >= 11 is 0. The molecule has 4 aromatic rings. The summed E-state index contributed by atoms with van der Waals surface area (Å²) in [4.78, 5) is 11.8. The molecule has 192 valence electrons. The van der Waals surface area contributed by atoms with E-state index in [0.717, 1.165) is 67.0 Å². The third kappa shape index (κ3) is 6.23. The number of unbranched alkanes of at least 4 members (excludes halogenated alkanes) is 1. The molecule has 0 radical (unpaired) electrons. The number of hydrogen-bond acceptors (Lipinski definition) is 7. The van der Waals surface area contributed by atoms with E-state index in [0.29, 0.717) is 5.82 Å². The van der Waals surface area contributed by atoms with Crippen molar-refractivity contribution in [3.8, 4) is 0 Å². The second-order valence-electron chi connectivity index (χ2n) is 9.19. The first-order valence-electron chi connectivity index (χ1n) is 12.5. The van der Waals surface area contributed by atoms with Crippen LogP contribution >= 0.6 is 0 Å². The summed E-state index contributed by atoms with van der Waals surface area (Å²) in [6.45, 7) is 2.93. The summed E-state index contributed by atoms with van der Waals surface area (Å²) in [5.41, 5.74) is 2.83. The highest BCUT2D eigenvalue weighted by Gasteiger charge is 2.17. The maximum absolute atomic E-state index is 12.9. The minimum atomic E-state index is -3.56. The highest BCUT2D eigenvalue weighted by atomic mass is 32.2. The van der Waals surface area contributed by atoms with Crippen LogP contribution in [0.25, 0.3) is 10.9 Å². The minimum Gasteiger partial charge on any atom is -0.340 e. The molecule has 1 aliphatic rings. The number of aryl methyl sites for hydroxylation is 1. The molecule has 2 heterocycles. The quantitative estimate of drug-likeness (QED) is 0.314. The van der Waals surface area contributed by atoms with E-state index < -0.39 is 20.6 Å². The van der Waals surface area contributed by atoms with Crippen LogP contribution in [0.15, 0.2) is 88.9 Å². The monoisotopic (exact) mass is 534 g/mol. The molecule has 3 aromatic carbocycles. The van der Waals surface area contributed by atoms with Crippen LogP contribution in [0.5, 0.6) is 0 Å². The van der Waals surface area contributed by atoms with Crippen molar-refractivity contribution in [1.29, 1.82) is 0 Å². The molecule has 0 amide bonds. The third-order valence-corrected chi connectivity index (χ3v) is 9.70. The molecule has 37 heavy (non-hydrogen) atoms. The van der Waals surface area contributed by atoms with Gasteiger partial charge in [0.1, 0.15) is 12.1 Å². The molecule has 0 spiro atoms. The van der Waals surface area contributed by atoms with Crippen molar-refractivity contribution in [2.24, 2.45) is 0 Å². The number of benzene rings is 3. The van der Waals surface area contributed by atoms with Gasteiger partial charge in [-0.3, -0.25) is 4.21 Å². The number of hydrogen-bond donors (Lipinski definition) is 1. The second kappa shape index (κ2) is 11.5. The third-order valence-electron chi connectivity index (χ3n) is 6.64. The van der Waals surface area contributed by atoms with E-state index in [1.165, 1.54) is 11.9 Å². The van der Waals surface area contributed by atoms with Crippen molar-refractivity contribution in [2.45, 2.75) is 29.1 Å². The van der Waals surface area contributed by atoms with Gasteiger partial charge in [-0.25, -0.2) is 18.4 Å². The zero-order chi connectivity index (χ0) is 25.7. The van der Waals surface area contributed by atoms with Crippen molar-refractivity contribution in [3.05, 3.63) is 84.7 Å². The zero-order valence-electron chi connectivity index (χ0n) is 20.5. The molecule has 1 aliphatic heterocycles. The van der Waals surface area contributed by atoms with E-state index in [1.54, 1.807) is 54.6 Å². The van der Waals surface area contributed by atoms with Gasteiger partial charge in [-0.15, -0.1) is 0 Å². The number of fused-ring (bicyclic) bond motifs is 1. The predicted molar refractivity (Wildman–Crippen MR) is 148 cm³/mol. The molecule has 0 aliphatic carbocycles. The predicted octanol–water partition coefficient (Wildman–Crippen LogP) is 4.59. The zero-order valence-corrected chi connectivity index (χ0v) is 22.2. The number of aromatic nitrogens is 2. The van der Waals surface area contributed by atoms with Gasteiger partial charge < -0.3 is 10.2 Å². The molecular formula is C28H30N4O3S2. The first-order valence-corrected chi connectivity index (χ1v) is 15.4. The Hall–Kier alpha value is -3.14. The molecule has 1 fully saturated rings. The van der Waals surface area contributed by atoms with Crippen LogP contribution < -0.4 is 5.32 Å². The Morgan fingerprint density at radius 1 is 0.865 bits per heavy atom. The van der Waals surface area contributed by atoms with Crippen molar-refractivity contribution < 1.29 is 12.6 Å². The van der Waals surface area contributed by atoms with Crippen molar-refractivity contribution >= 4 is 43.0 Å². The Bertz CT molecular complexity index is 1480. The molecular weight excluding hydrogens is 504 g/mol. The lowest BCUT2D eigenvalue weighted by Gasteiger charge is -2.25. The van der Waals surface area contributed by atoms with Gasteiger partial charge in [0, 0.05) is 46.5 Å². The molecule has 5 rings (SSSR count). The molecule has 0 atom stereocenters. The van der Waals surface area contributed by atoms with Gasteiger partial charge >= 0.3 is 0 Å². The molecule has 1 N–H and O–H groups in total. The van der Waals surface area contributed by atoms with Crippen LogP contribution in [-0.4, -0.2) is 58.6 Å². The first kappa shape index (κ1) is 25.5. The van der Waals surface area contributed by atoms with E-state index in [9.17, 15) is 12.6 Å². The molecule has 0 unspecified atom stereocenters. The van der Waals surface area contributed by atoms with Crippen LogP contribution in [-0.2, 0) is 27.1 Å². The Kier molecular flexibility index (Phi) is 7.93. The lowest BCUT2D eigenvalue weighted by molar-refractivity contribution is 0.293. The van der Waals surface area contributed by atoms with Crippen molar-refractivity contribution in [1.82, 2.24) is 14.9 Å². The fourth-order valence-electron chi connectivity index (χ4n) is 4.51. The average Bonchev–Trinajstić information content (AvgIpc) is 2.93. The van der Waals surface area contributed by atoms with Gasteiger partial charge in [0.15, 0.2) is 0 Å². The number of sulfone groups is 1.